The van der Waals surface area contributed by atoms with E-state index in [1.54, 1.807) is 0 Å². The number of hydrogen-bond acceptors (Lipinski definition) is 3. The fourth-order valence-corrected chi connectivity index (χ4v) is 2.12. The Morgan fingerprint density at radius 2 is 1.82 bits per heavy atom. The van der Waals surface area contributed by atoms with Gasteiger partial charge in [-0.3, -0.25) is 4.90 Å². The zero-order valence-electron chi connectivity index (χ0n) is 10.9. The fraction of sp³-hybridized carbons (Fsp3) is 0.571. The van der Waals surface area contributed by atoms with E-state index in [4.69, 9.17) is 5.11 Å². The zero-order valence-corrected chi connectivity index (χ0v) is 10.9. The highest BCUT2D eigenvalue weighted by molar-refractivity contribution is 5.19. The van der Waals surface area contributed by atoms with E-state index in [0.717, 1.165) is 19.6 Å². The molecule has 1 aromatic carbocycles. The minimum atomic E-state index is 0.194. The molecular formula is C14H24N2O. The van der Waals surface area contributed by atoms with Crippen molar-refractivity contribution in [3.63, 3.8) is 0 Å². The minimum Gasteiger partial charge on any atom is -0.395 e. The van der Waals surface area contributed by atoms with Gasteiger partial charge in [-0.05, 0) is 18.7 Å². The van der Waals surface area contributed by atoms with Crippen molar-refractivity contribution in [2.75, 3.05) is 32.8 Å². The van der Waals surface area contributed by atoms with Gasteiger partial charge in [0.15, 0.2) is 0 Å². The predicted molar refractivity (Wildman–Crippen MR) is 72.1 cm³/mol. The summed E-state index contributed by atoms with van der Waals surface area (Å²) in [6.07, 6.45) is 0. The quantitative estimate of drug-likeness (QED) is 0.674. The Labute approximate surface area is 104 Å². The highest BCUT2D eigenvalue weighted by Gasteiger charge is 2.16. The number of likely N-dealkylation sites (N-methyl/N-ethyl adjacent to an activating group) is 1. The molecule has 1 rings (SSSR count). The highest BCUT2D eigenvalue weighted by Crippen LogP contribution is 2.19. The molecule has 0 heterocycles. The van der Waals surface area contributed by atoms with Gasteiger partial charge in [-0.1, -0.05) is 44.2 Å². The van der Waals surface area contributed by atoms with Gasteiger partial charge in [-0.25, -0.2) is 0 Å². The lowest BCUT2D eigenvalue weighted by molar-refractivity contribution is 0.207. The molecule has 1 unspecified atom stereocenters. The van der Waals surface area contributed by atoms with Crippen molar-refractivity contribution < 1.29 is 5.11 Å². The Morgan fingerprint density at radius 3 is 2.35 bits per heavy atom. The summed E-state index contributed by atoms with van der Waals surface area (Å²) in [5.41, 5.74) is 1.33. The van der Waals surface area contributed by atoms with E-state index in [0.29, 0.717) is 12.6 Å². The lowest BCUT2D eigenvalue weighted by Gasteiger charge is -2.30. The van der Waals surface area contributed by atoms with Crippen molar-refractivity contribution in [3.05, 3.63) is 35.9 Å². The summed E-state index contributed by atoms with van der Waals surface area (Å²) in [7, 11) is 0. The van der Waals surface area contributed by atoms with Crippen molar-refractivity contribution in [1.29, 1.82) is 0 Å². The summed E-state index contributed by atoms with van der Waals surface area (Å²) in [4.78, 5) is 2.43. The van der Waals surface area contributed by atoms with Gasteiger partial charge in [-0.15, -0.1) is 0 Å². The van der Waals surface area contributed by atoms with Crippen LogP contribution in [0.4, 0.5) is 0 Å². The van der Waals surface area contributed by atoms with Gasteiger partial charge in [0.05, 0.1) is 6.61 Å². The summed E-state index contributed by atoms with van der Waals surface area (Å²) in [5.74, 6) is 0. The van der Waals surface area contributed by atoms with Crippen LogP contribution in [0.25, 0.3) is 0 Å². The Hall–Kier alpha value is -0.900. The number of nitrogens with zero attached hydrogens (tertiary/aromatic N) is 1. The third-order valence-corrected chi connectivity index (χ3v) is 3.06. The second-order valence-electron chi connectivity index (χ2n) is 4.08. The highest BCUT2D eigenvalue weighted by atomic mass is 16.3. The molecule has 2 N–H and O–H groups in total. The summed E-state index contributed by atoms with van der Waals surface area (Å²) in [6.45, 7) is 8.18. The maximum atomic E-state index is 8.83. The molecule has 0 fully saturated rings. The van der Waals surface area contributed by atoms with E-state index < -0.39 is 0 Å². The van der Waals surface area contributed by atoms with Crippen LogP contribution in [-0.4, -0.2) is 42.8 Å². The Balaban J connectivity index is 2.71. The Morgan fingerprint density at radius 1 is 1.18 bits per heavy atom. The molecule has 0 saturated carbocycles. The lowest BCUT2D eigenvalue weighted by Crippen LogP contribution is -2.36. The van der Waals surface area contributed by atoms with Crippen LogP contribution in [0.15, 0.2) is 30.3 Å². The first-order chi connectivity index (χ1) is 8.33. The molecule has 3 nitrogen and oxygen atoms in total. The molecule has 0 radical (unpaired) electrons. The number of benzene rings is 1. The molecule has 0 aliphatic carbocycles. The summed E-state index contributed by atoms with van der Waals surface area (Å²) >= 11 is 0. The Kier molecular flexibility index (Phi) is 6.86. The van der Waals surface area contributed by atoms with Crippen molar-refractivity contribution in [2.45, 2.75) is 19.9 Å². The van der Waals surface area contributed by atoms with Crippen LogP contribution in [0, 0.1) is 0 Å². The molecule has 96 valence electrons. The number of aliphatic hydroxyl groups excluding tert-OH is 1. The second kappa shape index (κ2) is 8.23. The van der Waals surface area contributed by atoms with Crippen molar-refractivity contribution in [1.82, 2.24) is 10.2 Å². The number of rotatable bonds is 8. The van der Waals surface area contributed by atoms with Crippen molar-refractivity contribution in [2.24, 2.45) is 0 Å². The molecule has 0 bridgehead atoms. The fourth-order valence-electron chi connectivity index (χ4n) is 2.12. The van der Waals surface area contributed by atoms with E-state index in [1.807, 2.05) is 6.07 Å². The van der Waals surface area contributed by atoms with E-state index in [1.165, 1.54) is 5.56 Å². The third kappa shape index (κ3) is 4.46. The van der Waals surface area contributed by atoms with E-state index in [9.17, 15) is 0 Å². The maximum absolute atomic E-state index is 8.83. The first-order valence-electron chi connectivity index (χ1n) is 6.44. The number of hydrogen-bond donors (Lipinski definition) is 2. The predicted octanol–water partition coefficient (Wildman–Crippen LogP) is 1.65. The number of nitrogens with one attached hydrogen (secondary N) is 1. The van der Waals surface area contributed by atoms with Gasteiger partial charge >= 0.3 is 0 Å². The van der Waals surface area contributed by atoms with Gasteiger partial charge in [0.25, 0.3) is 0 Å². The first-order valence-corrected chi connectivity index (χ1v) is 6.44. The molecule has 0 aliphatic rings. The monoisotopic (exact) mass is 236 g/mol. The Bertz CT molecular complexity index is 286. The van der Waals surface area contributed by atoms with Crippen LogP contribution in [-0.2, 0) is 0 Å². The summed E-state index contributed by atoms with van der Waals surface area (Å²) in [5, 5.41) is 12.1. The van der Waals surface area contributed by atoms with Crippen LogP contribution in [0.3, 0.4) is 0 Å². The molecule has 3 heteroatoms. The van der Waals surface area contributed by atoms with E-state index >= 15 is 0 Å². The van der Waals surface area contributed by atoms with Gasteiger partial charge in [0, 0.05) is 19.1 Å². The molecule has 0 amide bonds. The minimum absolute atomic E-state index is 0.194. The zero-order chi connectivity index (χ0) is 12.5. The van der Waals surface area contributed by atoms with Crippen molar-refractivity contribution >= 4 is 0 Å². The maximum Gasteiger partial charge on any atom is 0.0555 e. The molecule has 0 spiro atoms. The van der Waals surface area contributed by atoms with Crippen LogP contribution in [0.5, 0.6) is 0 Å². The molecular weight excluding hydrogens is 212 g/mol. The smallest absolute Gasteiger partial charge is 0.0555 e. The first kappa shape index (κ1) is 14.2. The standard InChI is InChI=1S/C14H24N2O/c1-3-16(4-2)14(12-15-10-11-17)13-8-6-5-7-9-13/h5-9,14-15,17H,3-4,10-12H2,1-2H3. The molecule has 1 atom stereocenters. The SMILES string of the molecule is CCN(CC)C(CNCCO)c1ccccc1. The molecule has 0 saturated heterocycles. The average molecular weight is 236 g/mol. The van der Waals surface area contributed by atoms with Crippen LogP contribution in [0.1, 0.15) is 25.5 Å². The summed E-state index contributed by atoms with van der Waals surface area (Å²) in [6, 6.07) is 10.9. The normalized spacial score (nSPS) is 12.9. The third-order valence-electron chi connectivity index (χ3n) is 3.06. The molecule has 1 aromatic rings. The molecule has 17 heavy (non-hydrogen) atoms. The van der Waals surface area contributed by atoms with Crippen LogP contribution in [0.2, 0.25) is 0 Å². The van der Waals surface area contributed by atoms with Gasteiger partial charge in [-0.2, -0.15) is 0 Å². The van der Waals surface area contributed by atoms with Gasteiger partial charge < -0.3 is 10.4 Å². The largest absolute Gasteiger partial charge is 0.395 e. The topological polar surface area (TPSA) is 35.5 Å². The lowest BCUT2D eigenvalue weighted by atomic mass is 10.1. The van der Waals surface area contributed by atoms with Gasteiger partial charge in [0.2, 0.25) is 0 Å². The van der Waals surface area contributed by atoms with E-state index in [2.05, 4.69) is 48.3 Å². The number of aliphatic hydroxyl groups is 1. The molecule has 0 aromatic heterocycles. The molecule has 0 aliphatic heterocycles. The second-order valence-corrected chi connectivity index (χ2v) is 4.08. The van der Waals surface area contributed by atoms with Crippen molar-refractivity contribution in [3.8, 4) is 0 Å². The average Bonchev–Trinajstić information content (AvgIpc) is 2.39. The van der Waals surface area contributed by atoms with Crippen LogP contribution >= 0.6 is 0 Å². The van der Waals surface area contributed by atoms with Crippen LogP contribution < -0.4 is 5.32 Å². The van der Waals surface area contributed by atoms with E-state index in [-0.39, 0.29) is 6.61 Å². The van der Waals surface area contributed by atoms with Gasteiger partial charge in [0.1, 0.15) is 0 Å². The summed E-state index contributed by atoms with van der Waals surface area (Å²) < 4.78 is 0.